The van der Waals surface area contributed by atoms with Crippen molar-refractivity contribution in [1.82, 2.24) is 14.1 Å². The number of benzene rings is 2. The number of anilines is 1. The molecule has 0 saturated heterocycles. The molecule has 2 aromatic heterocycles. The molecule has 0 aliphatic carbocycles. The number of aromatic nitrogens is 3. The third-order valence-electron chi connectivity index (χ3n) is 5.64. The average molecular weight is 485 g/mol. The number of hydrogen-bond donors (Lipinski definition) is 1. The summed E-state index contributed by atoms with van der Waals surface area (Å²) in [6, 6.07) is 13.1. The van der Waals surface area contributed by atoms with Gasteiger partial charge in [0.1, 0.15) is 11.3 Å². The zero-order valence-corrected chi connectivity index (χ0v) is 20.5. The van der Waals surface area contributed by atoms with E-state index in [-0.39, 0.29) is 11.3 Å². The molecular formula is C24H25ClN4O3S. The number of imidazole rings is 1. The number of fused-ring (bicyclic) bond motifs is 1. The highest BCUT2D eigenvalue weighted by molar-refractivity contribution is 7.92. The second-order valence-electron chi connectivity index (χ2n) is 8.10. The van der Waals surface area contributed by atoms with Gasteiger partial charge in [0.15, 0.2) is 0 Å². The second kappa shape index (κ2) is 8.68. The molecule has 0 fully saturated rings. The standard InChI is InChI=1S/C24H25ClN4O3S/c1-5-33(31,32)27-21-11-18(19-10-15(2)24(30)28(4)14-19)12-22-23(21)26-16(3)29(22)13-17-6-8-20(25)9-7-17/h6-12,14,27H,5,13H2,1-4H3. The van der Waals surface area contributed by atoms with E-state index in [1.165, 1.54) is 4.57 Å². The smallest absolute Gasteiger partial charge is 0.253 e. The van der Waals surface area contributed by atoms with Crippen LogP contribution in [-0.4, -0.2) is 28.3 Å². The summed E-state index contributed by atoms with van der Waals surface area (Å²) in [6.07, 6.45) is 1.75. The Kier molecular flexibility index (Phi) is 6.07. The fourth-order valence-electron chi connectivity index (χ4n) is 3.83. The molecule has 0 atom stereocenters. The summed E-state index contributed by atoms with van der Waals surface area (Å²) in [7, 11) is -1.82. The maximum absolute atomic E-state index is 12.4. The summed E-state index contributed by atoms with van der Waals surface area (Å²) < 4.78 is 31.1. The van der Waals surface area contributed by atoms with Crippen LogP contribution in [0.4, 0.5) is 5.69 Å². The molecule has 7 nitrogen and oxygen atoms in total. The highest BCUT2D eigenvalue weighted by Crippen LogP contribution is 2.32. The van der Waals surface area contributed by atoms with Gasteiger partial charge in [-0.3, -0.25) is 9.52 Å². The van der Waals surface area contributed by atoms with E-state index in [0.717, 1.165) is 28.0 Å². The van der Waals surface area contributed by atoms with Gasteiger partial charge in [-0.05, 0) is 67.8 Å². The number of halogens is 1. The van der Waals surface area contributed by atoms with Crippen molar-refractivity contribution in [1.29, 1.82) is 0 Å². The van der Waals surface area contributed by atoms with Crippen molar-refractivity contribution in [3.63, 3.8) is 0 Å². The molecule has 0 radical (unpaired) electrons. The van der Waals surface area contributed by atoms with Gasteiger partial charge in [-0.2, -0.15) is 0 Å². The lowest BCUT2D eigenvalue weighted by molar-refractivity contribution is 0.602. The fraction of sp³-hybridized carbons (Fsp3) is 0.250. The number of sulfonamides is 1. The number of nitrogens with zero attached hydrogens (tertiary/aromatic N) is 3. The third kappa shape index (κ3) is 4.67. The van der Waals surface area contributed by atoms with Crippen LogP contribution in [-0.2, 0) is 23.6 Å². The quantitative estimate of drug-likeness (QED) is 0.437. The maximum Gasteiger partial charge on any atom is 0.253 e. The first-order valence-electron chi connectivity index (χ1n) is 10.5. The number of pyridine rings is 1. The van der Waals surface area contributed by atoms with Crippen LogP contribution < -0.4 is 10.3 Å². The Labute approximate surface area is 197 Å². The first-order valence-corrected chi connectivity index (χ1v) is 12.5. The molecule has 1 N–H and O–H groups in total. The van der Waals surface area contributed by atoms with E-state index in [0.29, 0.717) is 28.3 Å². The van der Waals surface area contributed by atoms with E-state index in [4.69, 9.17) is 11.6 Å². The van der Waals surface area contributed by atoms with Crippen LogP contribution in [0.5, 0.6) is 0 Å². The summed E-state index contributed by atoms with van der Waals surface area (Å²) >= 11 is 6.03. The molecule has 9 heteroatoms. The van der Waals surface area contributed by atoms with Crippen LogP contribution in [0.25, 0.3) is 22.2 Å². The van der Waals surface area contributed by atoms with Crippen molar-refractivity contribution >= 4 is 38.3 Å². The molecule has 172 valence electrons. The van der Waals surface area contributed by atoms with Gasteiger partial charge in [-0.25, -0.2) is 13.4 Å². The highest BCUT2D eigenvalue weighted by Gasteiger charge is 2.18. The molecule has 0 saturated carbocycles. The van der Waals surface area contributed by atoms with Crippen LogP contribution in [0.15, 0.2) is 53.5 Å². The minimum absolute atomic E-state index is 0.0534. The molecule has 0 aliphatic rings. The molecule has 0 unspecified atom stereocenters. The predicted molar refractivity (Wildman–Crippen MR) is 134 cm³/mol. The number of nitrogens with one attached hydrogen (secondary N) is 1. The molecular weight excluding hydrogens is 460 g/mol. The summed E-state index contributed by atoms with van der Waals surface area (Å²) in [5, 5.41) is 0.662. The fourth-order valence-corrected chi connectivity index (χ4v) is 4.59. The van der Waals surface area contributed by atoms with Gasteiger partial charge in [0.2, 0.25) is 10.0 Å². The Morgan fingerprint density at radius 2 is 1.76 bits per heavy atom. The number of hydrogen-bond acceptors (Lipinski definition) is 4. The van der Waals surface area contributed by atoms with Crippen LogP contribution >= 0.6 is 11.6 Å². The number of rotatable bonds is 6. The van der Waals surface area contributed by atoms with Gasteiger partial charge in [0, 0.05) is 30.4 Å². The Bertz CT molecular complexity index is 1490. The molecule has 4 rings (SSSR count). The minimum atomic E-state index is -3.52. The van der Waals surface area contributed by atoms with E-state index in [1.807, 2.05) is 47.9 Å². The Morgan fingerprint density at radius 1 is 1.06 bits per heavy atom. The highest BCUT2D eigenvalue weighted by atomic mass is 35.5. The van der Waals surface area contributed by atoms with Crippen molar-refractivity contribution in [2.45, 2.75) is 27.3 Å². The van der Waals surface area contributed by atoms with E-state index < -0.39 is 10.0 Å². The zero-order chi connectivity index (χ0) is 23.9. The normalized spacial score (nSPS) is 11.8. The van der Waals surface area contributed by atoms with Crippen LogP contribution in [0, 0.1) is 13.8 Å². The molecule has 4 aromatic rings. The summed E-state index contributed by atoms with van der Waals surface area (Å²) in [5.41, 5.74) is 4.95. The van der Waals surface area contributed by atoms with Gasteiger partial charge >= 0.3 is 0 Å². The third-order valence-corrected chi connectivity index (χ3v) is 7.18. The molecule has 0 bridgehead atoms. The largest absolute Gasteiger partial charge is 0.324 e. The second-order valence-corrected chi connectivity index (χ2v) is 10.5. The van der Waals surface area contributed by atoms with Gasteiger partial charge in [0.05, 0.1) is 17.0 Å². The molecule has 2 aromatic carbocycles. The molecule has 33 heavy (non-hydrogen) atoms. The zero-order valence-electron chi connectivity index (χ0n) is 18.9. The van der Waals surface area contributed by atoms with Crippen molar-refractivity contribution in [2.75, 3.05) is 10.5 Å². The summed E-state index contributed by atoms with van der Waals surface area (Å²) in [6.45, 7) is 5.80. The van der Waals surface area contributed by atoms with Gasteiger partial charge < -0.3 is 9.13 Å². The lowest BCUT2D eigenvalue weighted by atomic mass is 10.0. The van der Waals surface area contributed by atoms with E-state index in [9.17, 15) is 13.2 Å². The Balaban J connectivity index is 1.95. The van der Waals surface area contributed by atoms with Gasteiger partial charge in [0.25, 0.3) is 5.56 Å². The maximum atomic E-state index is 12.4. The lowest BCUT2D eigenvalue weighted by Gasteiger charge is -2.13. The molecule has 0 spiro atoms. The van der Waals surface area contributed by atoms with Crippen molar-refractivity contribution in [3.8, 4) is 11.1 Å². The first-order chi connectivity index (χ1) is 15.6. The average Bonchev–Trinajstić information content (AvgIpc) is 3.08. The molecule has 0 amide bonds. The van der Waals surface area contributed by atoms with E-state index in [2.05, 4.69) is 9.71 Å². The first kappa shape index (κ1) is 23.1. The number of aryl methyl sites for hydroxylation is 3. The van der Waals surface area contributed by atoms with Crippen LogP contribution in [0.3, 0.4) is 0 Å². The van der Waals surface area contributed by atoms with Gasteiger partial charge in [-0.15, -0.1) is 0 Å². The predicted octanol–water partition coefficient (Wildman–Crippen LogP) is 4.48. The summed E-state index contributed by atoms with van der Waals surface area (Å²) in [5.74, 6) is 0.702. The molecule has 2 heterocycles. The summed E-state index contributed by atoms with van der Waals surface area (Å²) in [4.78, 5) is 16.9. The topological polar surface area (TPSA) is 86.0 Å². The lowest BCUT2D eigenvalue weighted by Crippen LogP contribution is -2.18. The minimum Gasteiger partial charge on any atom is -0.324 e. The monoisotopic (exact) mass is 484 g/mol. The Hall–Kier alpha value is -3.10. The van der Waals surface area contributed by atoms with Crippen LogP contribution in [0.1, 0.15) is 23.9 Å². The Morgan fingerprint density at radius 3 is 2.39 bits per heavy atom. The van der Waals surface area contributed by atoms with Gasteiger partial charge in [-0.1, -0.05) is 23.7 Å². The van der Waals surface area contributed by atoms with Crippen LogP contribution in [0.2, 0.25) is 5.02 Å². The van der Waals surface area contributed by atoms with Crippen molar-refractivity contribution in [2.24, 2.45) is 7.05 Å². The van der Waals surface area contributed by atoms with E-state index >= 15 is 0 Å². The SMILES string of the molecule is CCS(=O)(=O)Nc1cc(-c2cc(C)c(=O)n(C)c2)cc2c1nc(C)n2Cc1ccc(Cl)cc1. The van der Waals surface area contributed by atoms with E-state index in [1.54, 1.807) is 33.2 Å². The van der Waals surface area contributed by atoms with Crippen molar-refractivity contribution in [3.05, 3.63) is 81.0 Å². The molecule has 0 aliphatic heterocycles. The van der Waals surface area contributed by atoms with Crippen molar-refractivity contribution < 1.29 is 8.42 Å².